The van der Waals surface area contributed by atoms with Crippen LogP contribution >= 0.6 is 11.6 Å². The van der Waals surface area contributed by atoms with E-state index in [0.717, 1.165) is 37.5 Å². The number of hydrogen-bond donors (Lipinski definition) is 1. The summed E-state index contributed by atoms with van der Waals surface area (Å²) in [6.07, 6.45) is 5.88. The normalized spacial score (nSPS) is 17.0. The third kappa shape index (κ3) is 3.30. The Labute approximate surface area is 156 Å². The highest BCUT2D eigenvalue weighted by atomic mass is 35.5. The van der Waals surface area contributed by atoms with Gasteiger partial charge in [-0.15, -0.1) is 0 Å². The fourth-order valence-corrected chi connectivity index (χ4v) is 4.66. The number of anilines is 1. The Hall–Kier alpha value is -1.51. The Bertz CT molecular complexity index is 769. The van der Waals surface area contributed by atoms with Gasteiger partial charge in [0.15, 0.2) is 0 Å². The van der Waals surface area contributed by atoms with Gasteiger partial charge >= 0.3 is 0 Å². The van der Waals surface area contributed by atoms with Crippen molar-refractivity contribution >= 4 is 17.3 Å². The molecule has 2 aliphatic rings. The number of fused-ring (bicyclic) bond motifs is 2. The van der Waals surface area contributed by atoms with Crippen LogP contribution in [0, 0.1) is 0 Å². The first-order valence-corrected chi connectivity index (χ1v) is 10.0. The summed E-state index contributed by atoms with van der Waals surface area (Å²) in [4.78, 5) is 2.62. The molecule has 3 heteroatoms. The maximum atomic E-state index is 6.36. The molecule has 0 bridgehead atoms. The molecule has 0 aliphatic carbocycles. The summed E-state index contributed by atoms with van der Waals surface area (Å²) in [7, 11) is 0. The van der Waals surface area contributed by atoms with Gasteiger partial charge in [-0.2, -0.15) is 0 Å². The molecule has 132 valence electrons. The topological polar surface area (TPSA) is 15.3 Å². The third-order valence-corrected chi connectivity index (χ3v) is 5.73. The molecule has 1 N–H and O–H groups in total. The van der Waals surface area contributed by atoms with Crippen LogP contribution < -0.4 is 10.2 Å². The summed E-state index contributed by atoms with van der Waals surface area (Å²) in [6, 6.07) is 11.0. The molecule has 0 spiro atoms. The Morgan fingerprint density at radius 1 is 1.08 bits per heavy atom. The minimum atomic E-state index is 0.827. The molecule has 0 saturated carbocycles. The van der Waals surface area contributed by atoms with Gasteiger partial charge in [-0.3, -0.25) is 0 Å². The van der Waals surface area contributed by atoms with Crippen LogP contribution in [0.3, 0.4) is 0 Å². The number of halogens is 1. The van der Waals surface area contributed by atoms with Crippen molar-refractivity contribution in [3.05, 3.63) is 52.0 Å². The van der Waals surface area contributed by atoms with Crippen molar-refractivity contribution in [2.75, 3.05) is 31.1 Å². The highest BCUT2D eigenvalue weighted by Crippen LogP contribution is 2.43. The summed E-state index contributed by atoms with van der Waals surface area (Å²) < 4.78 is 0. The molecule has 0 atom stereocenters. The van der Waals surface area contributed by atoms with Crippen molar-refractivity contribution in [2.45, 2.75) is 39.0 Å². The third-order valence-electron chi connectivity index (χ3n) is 5.50. The van der Waals surface area contributed by atoms with Crippen molar-refractivity contribution in [3.63, 3.8) is 0 Å². The van der Waals surface area contributed by atoms with Crippen LogP contribution in [0.2, 0.25) is 5.02 Å². The van der Waals surface area contributed by atoms with E-state index in [1.54, 1.807) is 0 Å². The molecule has 2 aliphatic heterocycles. The molecule has 0 unspecified atom stereocenters. The number of nitrogens with one attached hydrogen (secondary N) is 1. The second kappa shape index (κ2) is 7.39. The van der Waals surface area contributed by atoms with Gasteiger partial charge in [-0.05, 0) is 79.6 Å². The predicted molar refractivity (Wildman–Crippen MR) is 108 cm³/mol. The minimum Gasteiger partial charge on any atom is -0.371 e. The number of benzene rings is 2. The monoisotopic (exact) mass is 354 g/mol. The standard InChI is InChI=1S/C22H27ClN2/c1-2-12-25-13-4-6-18-14-16-8-10-24-11-9-20(16)21(22(18)25)17-5-3-7-19(23)15-17/h3,5,7,14-15,24H,2,4,6,8-13H2,1H3. The van der Waals surface area contributed by atoms with Gasteiger partial charge < -0.3 is 10.2 Å². The Balaban J connectivity index is 1.97. The van der Waals surface area contributed by atoms with Crippen LogP contribution in [0.4, 0.5) is 5.69 Å². The van der Waals surface area contributed by atoms with Gasteiger partial charge in [0.1, 0.15) is 0 Å². The number of nitrogens with zero attached hydrogens (tertiary/aromatic N) is 1. The van der Waals surface area contributed by atoms with Crippen LogP contribution in [0.25, 0.3) is 11.1 Å². The largest absolute Gasteiger partial charge is 0.371 e. The highest BCUT2D eigenvalue weighted by molar-refractivity contribution is 6.30. The van der Waals surface area contributed by atoms with Gasteiger partial charge in [0.05, 0.1) is 0 Å². The van der Waals surface area contributed by atoms with E-state index in [2.05, 4.69) is 41.4 Å². The van der Waals surface area contributed by atoms with Gasteiger partial charge in [-0.25, -0.2) is 0 Å². The number of aryl methyl sites for hydroxylation is 1. The molecule has 0 fully saturated rings. The van der Waals surface area contributed by atoms with E-state index in [0.29, 0.717) is 0 Å². The van der Waals surface area contributed by atoms with Crippen LogP contribution in [0.5, 0.6) is 0 Å². The summed E-state index contributed by atoms with van der Waals surface area (Å²) in [5.74, 6) is 0. The molecule has 2 nitrogen and oxygen atoms in total. The molecule has 0 amide bonds. The maximum Gasteiger partial charge on any atom is 0.0481 e. The van der Waals surface area contributed by atoms with Crippen LogP contribution in [-0.2, 0) is 19.3 Å². The zero-order valence-corrected chi connectivity index (χ0v) is 15.8. The van der Waals surface area contributed by atoms with Crippen molar-refractivity contribution in [3.8, 4) is 11.1 Å². The SMILES string of the molecule is CCCN1CCCc2cc3c(c(-c4cccc(Cl)c4)c21)CCNCC3. The smallest absolute Gasteiger partial charge is 0.0481 e. The first-order valence-electron chi connectivity index (χ1n) is 9.67. The van der Waals surface area contributed by atoms with Crippen molar-refractivity contribution in [2.24, 2.45) is 0 Å². The number of rotatable bonds is 3. The molecule has 2 aromatic carbocycles. The minimum absolute atomic E-state index is 0.827. The summed E-state index contributed by atoms with van der Waals surface area (Å²) in [6.45, 7) is 6.73. The molecular formula is C22H27ClN2. The lowest BCUT2D eigenvalue weighted by Gasteiger charge is -2.35. The Kier molecular flexibility index (Phi) is 5.00. The fraction of sp³-hybridized carbons (Fsp3) is 0.455. The van der Waals surface area contributed by atoms with E-state index in [1.165, 1.54) is 59.3 Å². The molecule has 2 aromatic rings. The molecule has 0 saturated heterocycles. The second-order valence-corrected chi connectivity index (χ2v) is 7.68. The van der Waals surface area contributed by atoms with Gasteiger partial charge in [0, 0.05) is 29.4 Å². The zero-order valence-electron chi connectivity index (χ0n) is 15.1. The van der Waals surface area contributed by atoms with Gasteiger partial charge in [0.2, 0.25) is 0 Å². The molecule has 0 aromatic heterocycles. The highest BCUT2D eigenvalue weighted by Gasteiger charge is 2.26. The number of hydrogen-bond acceptors (Lipinski definition) is 2. The van der Waals surface area contributed by atoms with E-state index in [4.69, 9.17) is 11.6 Å². The van der Waals surface area contributed by atoms with Crippen LogP contribution in [0.1, 0.15) is 36.5 Å². The van der Waals surface area contributed by atoms with Gasteiger partial charge in [0.25, 0.3) is 0 Å². The molecular weight excluding hydrogens is 328 g/mol. The molecule has 0 radical (unpaired) electrons. The van der Waals surface area contributed by atoms with E-state index in [1.807, 2.05) is 6.07 Å². The van der Waals surface area contributed by atoms with E-state index >= 15 is 0 Å². The Morgan fingerprint density at radius 2 is 1.96 bits per heavy atom. The fourth-order valence-electron chi connectivity index (χ4n) is 4.47. The van der Waals surface area contributed by atoms with Crippen LogP contribution in [-0.4, -0.2) is 26.2 Å². The summed E-state index contributed by atoms with van der Waals surface area (Å²) in [5, 5.41) is 4.40. The average Bonchev–Trinajstić information content (AvgIpc) is 2.85. The zero-order chi connectivity index (χ0) is 17.2. The first kappa shape index (κ1) is 16.9. The lowest BCUT2D eigenvalue weighted by molar-refractivity contribution is 0.680. The Morgan fingerprint density at radius 3 is 2.80 bits per heavy atom. The van der Waals surface area contributed by atoms with Crippen molar-refractivity contribution < 1.29 is 0 Å². The van der Waals surface area contributed by atoms with Crippen molar-refractivity contribution in [1.29, 1.82) is 0 Å². The summed E-state index contributed by atoms with van der Waals surface area (Å²) in [5.41, 5.74) is 8.83. The van der Waals surface area contributed by atoms with E-state index in [-0.39, 0.29) is 0 Å². The summed E-state index contributed by atoms with van der Waals surface area (Å²) >= 11 is 6.36. The molecule has 2 heterocycles. The first-order chi connectivity index (χ1) is 12.3. The molecule has 4 rings (SSSR count). The lowest BCUT2D eigenvalue weighted by Crippen LogP contribution is -2.31. The van der Waals surface area contributed by atoms with Crippen molar-refractivity contribution in [1.82, 2.24) is 5.32 Å². The average molecular weight is 355 g/mol. The molecule has 25 heavy (non-hydrogen) atoms. The lowest BCUT2D eigenvalue weighted by atomic mass is 9.85. The van der Waals surface area contributed by atoms with Crippen LogP contribution in [0.15, 0.2) is 30.3 Å². The predicted octanol–water partition coefficient (Wildman–Crippen LogP) is 4.86. The quantitative estimate of drug-likeness (QED) is 0.846. The van der Waals surface area contributed by atoms with E-state index in [9.17, 15) is 0 Å². The maximum absolute atomic E-state index is 6.36. The second-order valence-electron chi connectivity index (χ2n) is 7.25. The van der Waals surface area contributed by atoms with E-state index < -0.39 is 0 Å². The van der Waals surface area contributed by atoms with Gasteiger partial charge in [-0.1, -0.05) is 36.7 Å².